The van der Waals surface area contributed by atoms with Crippen molar-refractivity contribution in [1.29, 1.82) is 0 Å². The molecule has 1 N–H and O–H groups in total. The number of ketones is 2. The van der Waals surface area contributed by atoms with Gasteiger partial charge >= 0.3 is 11.9 Å². The Morgan fingerprint density at radius 1 is 0.857 bits per heavy atom. The fraction of sp³-hybridized carbons (Fsp3) is 0.200. The number of hydrogen-bond donors (Lipinski definition) is 1. The van der Waals surface area contributed by atoms with Crippen molar-refractivity contribution in [2.45, 2.75) is 13.2 Å². The molecule has 0 aliphatic heterocycles. The van der Waals surface area contributed by atoms with Crippen LogP contribution in [0.25, 0.3) is 0 Å². The third-order valence-electron chi connectivity index (χ3n) is 3.50. The summed E-state index contributed by atoms with van der Waals surface area (Å²) in [6.07, 6.45) is -1.06. The minimum Gasteiger partial charge on any atom is -0.507 e. The van der Waals surface area contributed by atoms with Gasteiger partial charge in [-0.25, -0.2) is 9.59 Å². The Bertz CT molecular complexity index is 860. The molecule has 146 valence electrons. The Hall–Kier alpha value is -3.52. The number of benzene rings is 2. The van der Waals surface area contributed by atoms with E-state index in [0.717, 1.165) is 0 Å². The normalized spacial score (nSPS) is 11.3. The maximum Gasteiger partial charge on any atom is 0.381 e. The van der Waals surface area contributed by atoms with Gasteiger partial charge in [-0.05, 0) is 19.1 Å². The Labute approximate surface area is 160 Å². The van der Waals surface area contributed by atoms with Crippen molar-refractivity contribution >= 4 is 23.5 Å². The van der Waals surface area contributed by atoms with Gasteiger partial charge in [0, 0.05) is 5.56 Å². The van der Waals surface area contributed by atoms with E-state index in [1.807, 2.05) is 0 Å². The van der Waals surface area contributed by atoms with Gasteiger partial charge in [-0.2, -0.15) is 0 Å². The van der Waals surface area contributed by atoms with E-state index in [1.165, 1.54) is 43.3 Å². The third-order valence-corrected chi connectivity index (χ3v) is 3.50. The third kappa shape index (κ3) is 5.75. The van der Waals surface area contributed by atoms with Crippen LogP contribution in [0.4, 0.5) is 0 Å². The van der Waals surface area contributed by atoms with Crippen LogP contribution < -0.4 is 0 Å². The van der Waals surface area contributed by atoms with Gasteiger partial charge in [0.15, 0.2) is 0 Å². The summed E-state index contributed by atoms with van der Waals surface area (Å²) < 4.78 is 14.7. The monoisotopic (exact) mass is 386 g/mol. The number of carbonyl (C=O) groups is 4. The molecular weight excluding hydrogens is 368 g/mol. The molecule has 0 radical (unpaired) electrons. The van der Waals surface area contributed by atoms with Crippen molar-refractivity contribution in [1.82, 2.24) is 0 Å². The first-order valence-electron chi connectivity index (χ1n) is 8.31. The minimum atomic E-state index is -1.16. The van der Waals surface area contributed by atoms with Crippen LogP contribution in [0.15, 0.2) is 54.6 Å². The molecule has 0 aliphatic carbocycles. The van der Waals surface area contributed by atoms with Crippen LogP contribution in [0.1, 0.15) is 27.6 Å². The van der Waals surface area contributed by atoms with Gasteiger partial charge in [-0.1, -0.05) is 42.5 Å². The minimum absolute atomic E-state index is 0.171. The Kier molecular flexibility index (Phi) is 7.41. The number of phenolic OH excluding ortho intramolecular Hbond substituents is 1. The highest BCUT2D eigenvalue weighted by Gasteiger charge is 2.22. The zero-order chi connectivity index (χ0) is 20.5. The molecule has 28 heavy (non-hydrogen) atoms. The first-order chi connectivity index (χ1) is 13.4. The quantitative estimate of drug-likeness (QED) is 0.228. The van der Waals surface area contributed by atoms with E-state index in [9.17, 15) is 24.3 Å². The van der Waals surface area contributed by atoms with Crippen LogP contribution in [0, 0.1) is 0 Å². The van der Waals surface area contributed by atoms with E-state index in [1.54, 1.807) is 18.2 Å². The highest BCUT2D eigenvalue weighted by atomic mass is 16.7. The van der Waals surface area contributed by atoms with Gasteiger partial charge in [-0.3, -0.25) is 9.59 Å². The molecule has 2 aromatic carbocycles. The summed E-state index contributed by atoms with van der Waals surface area (Å²) >= 11 is 0. The molecule has 0 amide bonds. The van der Waals surface area contributed by atoms with E-state index in [4.69, 9.17) is 14.2 Å². The van der Waals surface area contributed by atoms with Crippen molar-refractivity contribution in [3.8, 4) is 5.75 Å². The SMILES string of the molecule is CC(OCCOC(=O)C(=O)c1ccccc1O)OC(=O)C(=O)c1ccccc1. The van der Waals surface area contributed by atoms with Crippen LogP contribution >= 0.6 is 0 Å². The van der Waals surface area contributed by atoms with Gasteiger partial charge in [0.25, 0.3) is 11.6 Å². The molecule has 8 nitrogen and oxygen atoms in total. The standard InChI is InChI=1S/C20H18O8/c1-13(28-20(25)17(22)14-7-3-2-4-8-14)26-11-12-27-19(24)18(23)15-9-5-6-10-16(15)21/h2-10,13,21H,11-12H2,1H3. The van der Waals surface area contributed by atoms with Gasteiger partial charge in [0.05, 0.1) is 12.2 Å². The molecule has 0 aliphatic rings. The van der Waals surface area contributed by atoms with Crippen molar-refractivity contribution in [2.75, 3.05) is 13.2 Å². The van der Waals surface area contributed by atoms with E-state index in [0.29, 0.717) is 0 Å². The number of esters is 2. The molecule has 2 rings (SSSR count). The smallest absolute Gasteiger partial charge is 0.381 e. The second-order valence-electron chi connectivity index (χ2n) is 5.52. The summed E-state index contributed by atoms with van der Waals surface area (Å²) in [5, 5.41) is 9.56. The molecule has 0 spiro atoms. The molecule has 0 bridgehead atoms. The summed E-state index contributed by atoms with van der Waals surface area (Å²) in [6.45, 7) is 0.936. The van der Waals surface area contributed by atoms with Crippen LogP contribution in [0.5, 0.6) is 5.75 Å². The molecule has 0 saturated carbocycles. The van der Waals surface area contributed by atoms with Crippen LogP contribution in [0.3, 0.4) is 0 Å². The number of rotatable bonds is 9. The number of aromatic hydroxyl groups is 1. The molecule has 0 saturated heterocycles. The van der Waals surface area contributed by atoms with Crippen LogP contribution in [-0.4, -0.2) is 48.1 Å². The number of para-hydroxylation sites is 1. The van der Waals surface area contributed by atoms with E-state index in [2.05, 4.69) is 0 Å². The number of ether oxygens (including phenoxy) is 3. The van der Waals surface area contributed by atoms with E-state index >= 15 is 0 Å². The number of carbonyl (C=O) groups excluding carboxylic acids is 4. The first-order valence-corrected chi connectivity index (χ1v) is 8.31. The average molecular weight is 386 g/mol. The number of hydrogen-bond acceptors (Lipinski definition) is 8. The number of Topliss-reactive ketones (excluding diaryl/α,β-unsaturated/α-hetero) is 2. The largest absolute Gasteiger partial charge is 0.507 e. The lowest BCUT2D eigenvalue weighted by Gasteiger charge is -2.13. The Balaban J connectivity index is 1.72. The molecule has 1 unspecified atom stereocenters. The fourth-order valence-electron chi connectivity index (χ4n) is 2.14. The summed E-state index contributed by atoms with van der Waals surface area (Å²) in [7, 11) is 0. The zero-order valence-electron chi connectivity index (χ0n) is 15.0. The topological polar surface area (TPSA) is 116 Å². The lowest BCUT2D eigenvalue weighted by molar-refractivity contribution is -0.172. The van der Waals surface area contributed by atoms with Gasteiger partial charge in [-0.15, -0.1) is 0 Å². The molecule has 0 aromatic heterocycles. The van der Waals surface area contributed by atoms with Crippen molar-refractivity contribution < 1.29 is 38.5 Å². The zero-order valence-corrected chi connectivity index (χ0v) is 15.0. The second kappa shape index (κ2) is 9.98. The fourth-order valence-corrected chi connectivity index (χ4v) is 2.14. The van der Waals surface area contributed by atoms with Crippen molar-refractivity contribution in [3.63, 3.8) is 0 Å². The first kappa shape index (κ1) is 20.8. The van der Waals surface area contributed by atoms with E-state index in [-0.39, 0.29) is 30.1 Å². The second-order valence-corrected chi connectivity index (χ2v) is 5.52. The van der Waals surface area contributed by atoms with Crippen molar-refractivity contribution in [2.24, 2.45) is 0 Å². The number of phenols is 1. The molecule has 1 atom stereocenters. The maximum atomic E-state index is 11.9. The lowest BCUT2D eigenvalue weighted by atomic mass is 10.1. The Morgan fingerprint density at radius 2 is 1.50 bits per heavy atom. The lowest BCUT2D eigenvalue weighted by Crippen LogP contribution is -2.26. The molecule has 8 heteroatoms. The summed E-state index contributed by atoms with van der Waals surface area (Å²) in [4.78, 5) is 47.2. The highest BCUT2D eigenvalue weighted by Crippen LogP contribution is 2.16. The average Bonchev–Trinajstić information content (AvgIpc) is 2.71. The molecule has 2 aromatic rings. The molecule has 0 heterocycles. The van der Waals surface area contributed by atoms with Gasteiger partial charge in [0.1, 0.15) is 12.4 Å². The van der Waals surface area contributed by atoms with Crippen LogP contribution in [-0.2, 0) is 23.8 Å². The van der Waals surface area contributed by atoms with Gasteiger partial charge in [0.2, 0.25) is 6.29 Å². The van der Waals surface area contributed by atoms with Crippen LogP contribution in [0.2, 0.25) is 0 Å². The maximum absolute atomic E-state index is 11.9. The predicted molar refractivity (Wildman–Crippen MR) is 95.7 cm³/mol. The van der Waals surface area contributed by atoms with Gasteiger partial charge < -0.3 is 19.3 Å². The van der Waals surface area contributed by atoms with Crippen molar-refractivity contribution in [3.05, 3.63) is 65.7 Å². The highest BCUT2D eigenvalue weighted by molar-refractivity contribution is 6.41. The van der Waals surface area contributed by atoms with E-state index < -0.39 is 29.8 Å². The summed E-state index contributed by atoms with van der Waals surface area (Å²) in [6, 6.07) is 13.5. The summed E-state index contributed by atoms with van der Waals surface area (Å²) in [5.74, 6) is -4.37. The predicted octanol–water partition coefficient (Wildman–Crippen LogP) is 1.91. The summed E-state index contributed by atoms with van der Waals surface area (Å²) in [5.41, 5.74) is 0.0199. The molecular formula is C20H18O8. The molecule has 0 fully saturated rings. The Morgan fingerprint density at radius 3 is 2.18 bits per heavy atom.